The number of esters is 1. The quantitative estimate of drug-likeness (QED) is 0.173. The van der Waals surface area contributed by atoms with Crippen molar-refractivity contribution in [3.63, 3.8) is 0 Å². The van der Waals surface area contributed by atoms with Crippen LogP contribution in [0.4, 0.5) is 4.39 Å². The van der Waals surface area contributed by atoms with Crippen LogP contribution in [0.5, 0.6) is 0 Å². The van der Waals surface area contributed by atoms with Crippen LogP contribution in [0.3, 0.4) is 0 Å². The number of hydrogen-bond donors (Lipinski definition) is 5. The molecule has 3 saturated carbocycles. The van der Waals surface area contributed by atoms with E-state index in [9.17, 15) is 29.7 Å². The van der Waals surface area contributed by atoms with Gasteiger partial charge in [-0.05, 0) is 57.1 Å². The van der Waals surface area contributed by atoms with Crippen LogP contribution in [0.2, 0.25) is 0 Å². The molecule has 0 aromatic heterocycles. The van der Waals surface area contributed by atoms with E-state index in [2.05, 4.69) is 4.84 Å². The average Bonchev–Trinajstić information content (AvgIpc) is 3.04. The van der Waals surface area contributed by atoms with Crippen molar-refractivity contribution in [2.24, 2.45) is 22.7 Å². The van der Waals surface area contributed by atoms with Crippen LogP contribution in [0.25, 0.3) is 0 Å². The molecule has 3 fully saturated rings. The molecule has 4 aliphatic carbocycles. The molecular formula is C25H34FNO10. The fourth-order valence-corrected chi connectivity index (χ4v) is 7.67. The molecule has 206 valence electrons. The van der Waals surface area contributed by atoms with Gasteiger partial charge < -0.3 is 20.1 Å². The number of hydrogen-bond acceptors (Lipinski definition) is 11. The Hall–Kier alpha value is -2.06. The van der Waals surface area contributed by atoms with Crippen molar-refractivity contribution in [3.05, 3.63) is 23.8 Å². The summed E-state index contributed by atoms with van der Waals surface area (Å²) in [4.78, 5) is 42.4. The molecule has 0 aliphatic heterocycles. The number of aliphatic hydroxyl groups is 3. The van der Waals surface area contributed by atoms with Gasteiger partial charge in [-0.1, -0.05) is 18.6 Å². The topological polar surface area (TPSA) is 174 Å². The fourth-order valence-electron chi connectivity index (χ4n) is 7.67. The van der Waals surface area contributed by atoms with E-state index in [1.54, 1.807) is 13.8 Å². The van der Waals surface area contributed by atoms with E-state index < -0.39 is 69.9 Å². The van der Waals surface area contributed by atoms with Gasteiger partial charge in [-0.25, -0.2) is 4.39 Å². The Morgan fingerprint density at radius 3 is 2.54 bits per heavy atom. The number of nitrogens with zero attached hydrogens (tertiary/aromatic N) is 1. The summed E-state index contributed by atoms with van der Waals surface area (Å²) in [5.74, 6) is -3.64. The Morgan fingerprint density at radius 1 is 1.19 bits per heavy atom. The molecule has 0 heterocycles. The molecule has 0 aromatic rings. The monoisotopic (exact) mass is 527 g/mol. The molecular weight excluding hydrogens is 493 g/mol. The summed E-state index contributed by atoms with van der Waals surface area (Å²) in [6, 6.07) is 0. The second-order valence-electron chi connectivity index (χ2n) is 11.0. The van der Waals surface area contributed by atoms with Gasteiger partial charge in [0.15, 0.2) is 11.5 Å². The third-order valence-electron chi connectivity index (χ3n) is 9.39. The molecule has 4 rings (SSSR count). The molecule has 0 spiro atoms. The molecule has 0 saturated heterocycles. The Morgan fingerprint density at radius 2 is 1.89 bits per heavy atom. The average molecular weight is 528 g/mol. The zero-order valence-electron chi connectivity index (χ0n) is 20.8. The van der Waals surface area contributed by atoms with E-state index in [-0.39, 0.29) is 44.5 Å². The molecule has 0 aromatic carbocycles. The van der Waals surface area contributed by atoms with Crippen molar-refractivity contribution >= 4 is 17.5 Å². The summed E-state index contributed by atoms with van der Waals surface area (Å²) in [7, 11) is 0. The Labute approximate surface area is 213 Å². The number of ether oxygens (including phenoxy) is 1. The fraction of sp³-hybridized carbons (Fsp3) is 0.720. The molecule has 0 bridgehead atoms. The maximum atomic E-state index is 17.2. The number of carbonyl (C=O) groups is 3. The lowest BCUT2D eigenvalue weighted by atomic mass is 9.44. The lowest BCUT2D eigenvalue weighted by molar-refractivity contribution is -0.492. The molecule has 12 heteroatoms. The number of aliphatic hydroxyl groups excluding tert-OH is 3. The number of carbonyl (C=O) groups excluding carboxylic acids is 3. The normalized spacial score (nSPS) is 42.6. The number of fused-ring (bicyclic) bond motifs is 5. The van der Waals surface area contributed by atoms with Crippen molar-refractivity contribution < 1.29 is 54.1 Å². The van der Waals surface area contributed by atoms with Crippen LogP contribution in [0, 0.1) is 22.7 Å². The highest BCUT2D eigenvalue weighted by Gasteiger charge is 2.77. The van der Waals surface area contributed by atoms with Crippen LogP contribution < -0.4 is 0 Å². The first-order valence-corrected chi connectivity index (χ1v) is 12.4. The molecule has 0 amide bonds. The second kappa shape index (κ2) is 9.60. The van der Waals surface area contributed by atoms with E-state index in [1.807, 2.05) is 0 Å². The number of halogens is 1. The van der Waals surface area contributed by atoms with Gasteiger partial charge in [0, 0.05) is 23.2 Å². The standard InChI is InChI=1S/C25H34FNO10/c1-22-8-7-15(29)10-14(22)5-6-16-17-11-18(30)25(20(32)13-28,23(17,2)12-19(31)24(16,22)26)37-21(33)4-3-9-36-27(34)35/h7-8,10,16-19,28,30-31,34-35H,3-6,9,11-13H2,1-2H3/t16?,17?,18-,19+,22+,23+,24+,25+/m1/s1. The van der Waals surface area contributed by atoms with Gasteiger partial charge in [-0.15, -0.1) is 0 Å². The van der Waals surface area contributed by atoms with Crippen LogP contribution in [0.15, 0.2) is 23.8 Å². The minimum Gasteiger partial charge on any atom is -0.447 e. The highest BCUT2D eigenvalue weighted by atomic mass is 19.1. The Kier molecular flexibility index (Phi) is 7.25. The van der Waals surface area contributed by atoms with Crippen molar-refractivity contribution in [2.75, 3.05) is 13.2 Å². The molecule has 0 radical (unpaired) electrons. The van der Waals surface area contributed by atoms with Gasteiger partial charge in [-0.2, -0.15) is 0 Å². The predicted molar refractivity (Wildman–Crippen MR) is 121 cm³/mol. The third kappa shape index (κ3) is 3.92. The second-order valence-corrected chi connectivity index (χ2v) is 11.0. The smallest absolute Gasteiger partial charge is 0.306 e. The van der Waals surface area contributed by atoms with Gasteiger partial charge >= 0.3 is 5.97 Å². The van der Waals surface area contributed by atoms with E-state index in [0.717, 1.165) is 0 Å². The van der Waals surface area contributed by atoms with Crippen LogP contribution in [-0.4, -0.2) is 85.4 Å². The van der Waals surface area contributed by atoms with Crippen molar-refractivity contribution in [3.8, 4) is 0 Å². The molecule has 5 N–H and O–H groups in total. The SMILES string of the molecule is C[C@]12C=CC(=O)C=C1CCC1C3C[C@@H](O)[C@](OC(=O)CCCON(O)O)(C(=O)CO)[C@@]3(C)C[C@H](O)[C@@]12F. The maximum Gasteiger partial charge on any atom is 0.306 e. The van der Waals surface area contributed by atoms with Crippen molar-refractivity contribution in [1.29, 1.82) is 0 Å². The summed E-state index contributed by atoms with van der Waals surface area (Å²) in [6.45, 7) is 1.90. The van der Waals surface area contributed by atoms with Gasteiger partial charge in [0.25, 0.3) is 0 Å². The van der Waals surface area contributed by atoms with Gasteiger partial charge in [0.1, 0.15) is 12.7 Å². The summed E-state index contributed by atoms with van der Waals surface area (Å²) in [6.07, 6.45) is 0.851. The molecule has 4 aliphatic rings. The van der Waals surface area contributed by atoms with E-state index in [1.165, 1.54) is 18.2 Å². The number of Topliss-reactive ketones (excluding diaryl/α,β-unsaturated/α-hetero) is 1. The lowest BCUT2D eigenvalue weighted by Gasteiger charge is -2.62. The molecule has 37 heavy (non-hydrogen) atoms. The van der Waals surface area contributed by atoms with E-state index in [4.69, 9.17) is 15.2 Å². The molecule has 11 nitrogen and oxygen atoms in total. The van der Waals surface area contributed by atoms with Gasteiger partial charge in [-0.3, -0.25) is 29.6 Å². The van der Waals surface area contributed by atoms with Gasteiger partial charge in [0.05, 0.1) is 18.1 Å². The largest absolute Gasteiger partial charge is 0.447 e. The van der Waals surface area contributed by atoms with E-state index in [0.29, 0.717) is 12.0 Å². The van der Waals surface area contributed by atoms with Crippen LogP contribution in [-0.2, 0) is 24.0 Å². The first-order chi connectivity index (χ1) is 17.3. The molecule has 8 atom stereocenters. The number of ketones is 2. The van der Waals surface area contributed by atoms with Crippen LogP contribution >= 0.6 is 0 Å². The molecule has 2 unspecified atom stereocenters. The number of allylic oxidation sites excluding steroid dienone is 4. The van der Waals surface area contributed by atoms with Crippen molar-refractivity contribution in [2.45, 2.75) is 75.9 Å². The Balaban J connectivity index is 1.69. The summed E-state index contributed by atoms with van der Waals surface area (Å²) >= 11 is 0. The highest BCUT2D eigenvalue weighted by Crippen LogP contribution is 2.70. The summed E-state index contributed by atoms with van der Waals surface area (Å²) < 4.78 is 22.9. The highest BCUT2D eigenvalue weighted by molar-refractivity contribution is 6.01. The van der Waals surface area contributed by atoms with E-state index >= 15 is 4.39 Å². The zero-order valence-corrected chi connectivity index (χ0v) is 20.8. The minimum atomic E-state index is -2.22. The number of alkyl halides is 1. The first-order valence-electron chi connectivity index (χ1n) is 12.4. The predicted octanol–water partition coefficient (Wildman–Crippen LogP) is 0.964. The number of rotatable bonds is 8. The summed E-state index contributed by atoms with van der Waals surface area (Å²) in [5.41, 5.74) is -6.53. The first kappa shape index (κ1) is 28.0. The summed E-state index contributed by atoms with van der Waals surface area (Å²) in [5, 5.41) is 49.1. The Bertz CT molecular complexity index is 1030. The van der Waals surface area contributed by atoms with Gasteiger partial charge in [0.2, 0.25) is 11.4 Å². The minimum absolute atomic E-state index is 0.0204. The van der Waals surface area contributed by atoms with Crippen LogP contribution in [0.1, 0.15) is 52.4 Å². The van der Waals surface area contributed by atoms with Crippen molar-refractivity contribution in [1.82, 2.24) is 5.39 Å². The lowest BCUT2D eigenvalue weighted by Crippen LogP contribution is -2.70. The zero-order chi connectivity index (χ0) is 27.4. The maximum absolute atomic E-state index is 17.2. The third-order valence-corrected chi connectivity index (χ3v) is 9.39.